The first-order valence-electron chi connectivity index (χ1n) is 12.7. The molecule has 1 aliphatic rings. The SMILES string of the molecule is CC.O=C(P)CNC(=O)[C@H](Cc1ccccc1)NC(=O)CNC(=O)CNC(=O)CCOCCN1C(=O)C=CC1=O.[HH].[HH].[HH].[HH]. The minimum absolute atomic E-state index is 0. The number of carbonyl (C=O) groups excluding carboxylic acids is 7. The first-order chi connectivity index (χ1) is 19.2. The van der Waals surface area contributed by atoms with Crippen LogP contribution in [-0.4, -0.2) is 91.3 Å². The number of rotatable bonds is 16. The third-order valence-corrected chi connectivity index (χ3v) is 5.30. The third kappa shape index (κ3) is 13.7. The summed E-state index contributed by atoms with van der Waals surface area (Å²) in [5.74, 6) is -3.10. The minimum Gasteiger partial charge on any atom is -0.379 e. The highest BCUT2D eigenvalue weighted by molar-refractivity contribution is 7.40. The molecule has 4 N–H and O–H groups in total. The van der Waals surface area contributed by atoms with Crippen LogP contribution in [0, 0.1) is 0 Å². The Morgan fingerprint density at radius 3 is 2.08 bits per heavy atom. The molecule has 0 spiro atoms. The van der Waals surface area contributed by atoms with E-state index in [-0.39, 0.29) is 56.9 Å². The zero-order valence-electron chi connectivity index (χ0n) is 22.6. The first kappa shape index (κ1) is 34.1. The number of benzene rings is 1. The van der Waals surface area contributed by atoms with Gasteiger partial charge in [-0.3, -0.25) is 38.5 Å². The van der Waals surface area contributed by atoms with Crippen molar-refractivity contribution in [3.05, 3.63) is 48.0 Å². The van der Waals surface area contributed by atoms with Gasteiger partial charge in [0.15, 0.2) is 5.52 Å². The first-order valence-corrected chi connectivity index (χ1v) is 13.3. The second-order valence-corrected chi connectivity index (χ2v) is 8.72. The van der Waals surface area contributed by atoms with Crippen LogP contribution >= 0.6 is 9.24 Å². The van der Waals surface area contributed by atoms with Gasteiger partial charge < -0.3 is 26.0 Å². The van der Waals surface area contributed by atoms with E-state index in [0.29, 0.717) is 0 Å². The predicted molar refractivity (Wildman–Crippen MR) is 157 cm³/mol. The topological polar surface area (TPSA) is 180 Å². The molecule has 1 heterocycles. The summed E-state index contributed by atoms with van der Waals surface area (Å²) in [6.45, 7) is 3.15. The summed E-state index contributed by atoms with van der Waals surface area (Å²) in [5, 5.41) is 9.71. The van der Waals surface area contributed by atoms with Crippen LogP contribution in [0.2, 0.25) is 0 Å². The zero-order valence-corrected chi connectivity index (χ0v) is 23.7. The van der Waals surface area contributed by atoms with Gasteiger partial charge in [-0.2, -0.15) is 0 Å². The van der Waals surface area contributed by atoms with Crippen LogP contribution in [-0.2, 0) is 44.7 Å². The molecule has 1 aliphatic heterocycles. The highest BCUT2D eigenvalue weighted by atomic mass is 31.0. The van der Waals surface area contributed by atoms with Gasteiger partial charge in [-0.25, -0.2) is 0 Å². The van der Waals surface area contributed by atoms with Crippen molar-refractivity contribution >= 4 is 50.2 Å². The molecule has 226 valence electrons. The van der Waals surface area contributed by atoms with Gasteiger partial charge in [-0.05, 0) is 5.56 Å². The summed E-state index contributed by atoms with van der Waals surface area (Å²) in [6, 6.07) is 7.99. The fourth-order valence-corrected chi connectivity index (χ4v) is 3.29. The van der Waals surface area contributed by atoms with Crippen molar-refractivity contribution in [1.29, 1.82) is 0 Å². The minimum atomic E-state index is -0.969. The van der Waals surface area contributed by atoms with Gasteiger partial charge >= 0.3 is 0 Å². The van der Waals surface area contributed by atoms with Gasteiger partial charge in [0.25, 0.3) is 11.8 Å². The Kier molecular flexibility index (Phi) is 16.3. The highest BCUT2D eigenvalue weighted by Crippen LogP contribution is 2.04. The van der Waals surface area contributed by atoms with Gasteiger partial charge in [0.05, 0.1) is 39.4 Å². The maximum absolute atomic E-state index is 12.5. The van der Waals surface area contributed by atoms with Crippen molar-refractivity contribution in [3.63, 3.8) is 0 Å². The number of ether oxygens (including phenoxy) is 1. The number of carbonyl (C=O) groups is 7. The molecule has 0 fully saturated rings. The van der Waals surface area contributed by atoms with Crippen molar-refractivity contribution in [2.75, 3.05) is 39.4 Å². The van der Waals surface area contributed by atoms with Crippen LogP contribution in [0.5, 0.6) is 0 Å². The Morgan fingerprint density at radius 2 is 1.45 bits per heavy atom. The predicted octanol–water partition coefficient (Wildman–Crippen LogP) is -0.194. The summed E-state index contributed by atoms with van der Waals surface area (Å²) in [6.07, 6.45) is 2.46. The summed E-state index contributed by atoms with van der Waals surface area (Å²) in [7, 11) is 1.95. The van der Waals surface area contributed by atoms with Gasteiger partial charge in [-0.1, -0.05) is 53.4 Å². The fraction of sp³-hybridized carbons (Fsp3) is 0.423. The maximum atomic E-state index is 12.5. The average Bonchev–Trinajstić information content (AvgIpc) is 3.27. The number of nitrogens with one attached hydrogen (secondary N) is 4. The van der Waals surface area contributed by atoms with Crippen LogP contribution in [0.15, 0.2) is 42.5 Å². The molecule has 6 amide bonds. The van der Waals surface area contributed by atoms with E-state index in [1.165, 1.54) is 12.2 Å². The number of imide groups is 1. The van der Waals surface area contributed by atoms with E-state index in [9.17, 15) is 33.6 Å². The van der Waals surface area contributed by atoms with E-state index >= 15 is 0 Å². The van der Waals surface area contributed by atoms with E-state index in [1.54, 1.807) is 24.3 Å². The molecular weight excluding hydrogens is 541 g/mol. The largest absolute Gasteiger partial charge is 0.379 e. The van der Waals surface area contributed by atoms with E-state index in [0.717, 1.165) is 10.5 Å². The van der Waals surface area contributed by atoms with Crippen LogP contribution in [0.25, 0.3) is 0 Å². The Balaban J connectivity index is -0.00000130. The summed E-state index contributed by atoms with van der Waals surface area (Å²) < 4.78 is 5.24. The quantitative estimate of drug-likeness (QED) is 0.117. The molecule has 1 unspecified atom stereocenters. The summed E-state index contributed by atoms with van der Waals surface area (Å²) in [5.41, 5.74) is 0.465. The zero-order chi connectivity index (χ0) is 29.9. The lowest BCUT2D eigenvalue weighted by Crippen LogP contribution is -2.51. The second kappa shape index (κ2) is 19.2. The Hall–Kier alpha value is -3.96. The summed E-state index contributed by atoms with van der Waals surface area (Å²) >= 11 is 0. The Morgan fingerprint density at radius 1 is 0.850 bits per heavy atom. The average molecular weight is 586 g/mol. The standard InChI is InChI=1S/C24H30N5O8P.C2H6.4H2/c30-18(8-10-37-11-9-29-21(33)6-7-22(29)34)25-13-19(31)26-14-20(32)28-17(24(36)27-15-23(35)38)12-16-4-2-1-3-5-16;1-2;;;;/h1-7,17H,8-15,38H2,(H,25,30)(H,26,31)(H,27,36)(H,28,32);1-2H3;4*1H/t17-;;;;;/m0...../s1. The lowest BCUT2D eigenvalue weighted by Gasteiger charge is -2.18. The normalized spacial score (nSPS) is 12.6. The molecule has 1 aromatic carbocycles. The van der Waals surface area contributed by atoms with Crippen molar-refractivity contribution in [2.24, 2.45) is 0 Å². The molecule has 0 aliphatic carbocycles. The molecule has 0 saturated carbocycles. The van der Waals surface area contributed by atoms with E-state index < -0.39 is 48.0 Å². The summed E-state index contributed by atoms with van der Waals surface area (Å²) in [4.78, 5) is 83.6. The van der Waals surface area contributed by atoms with Crippen LogP contribution in [0.1, 0.15) is 31.5 Å². The monoisotopic (exact) mass is 585 g/mol. The molecule has 14 heteroatoms. The third-order valence-electron chi connectivity index (χ3n) is 5.10. The maximum Gasteiger partial charge on any atom is 0.253 e. The molecule has 40 heavy (non-hydrogen) atoms. The number of hydrogen-bond donors (Lipinski definition) is 4. The van der Waals surface area contributed by atoms with Crippen LogP contribution in [0.4, 0.5) is 0 Å². The molecule has 0 radical (unpaired) electrons. The number of amides is 6. The number of hydrogen-bond acceptors (Lipinski definition) is 8. The molecule has 2 rings (SSSR count). The molecule has 0 bridgehead atoms. The smallest absolute Gasteiger partial charge is 0.253 e. The molecule has 2 atom stereocenters. The Bertz CT molecular complexity index is 1080. The highest BCUT2D eigenvalue weighted by Gasteiger charge is 2.23. The van der Waals surface area contributed by atoms with Gasteiger partial charge in [0.1, 0.15) is 6.04 Å². The van der Waals surface area contributed by atoms with Crippen molar-refractivity contribution in [1.82, 2.24) is 26.2 Å². The number of nitrogens with zero attached hydrogens (tertiary/aromatic N) is 1. The van der Waals surface area contributed by atoms with Crippen molar-refractivity contribution < 1.29 is 44.0 Å². The lowest BCUT2D eigenvalue weighted by molar-refractivity contribution is -0.138. The fourth-order valence-electron chi connectivity index (χ4n) is 3.18. The van der Waals surface area contributed by atoms with Crippen molar-refractivity contribution in [3.8, 4) is 0 Å². The van der Waals surface area contributed by atoms with Gasteiger partial charge in [0, 0.05) is 30.7 Å². The lowest BCUT2D eigenvalue weighted by atomic mass is 10.1. The second-order valence-electron chi connectivity index (χ2n) is 8.07. The van der Waals surface area contributed by atoms with E-state index in [2.05, 4.69) is 21.3 Å². The van der Waals surface area contributed by atoms with Gasteiger partial charge in [-0.15, -0.1) is 0 Å². The molecule has 1 aromatic rings. The molecule has 0 saturated heterocycles. The molecule has 13 nitrogen and oxygen atoms in total. The Labute approximate surface area is 241 Å². The van der Waals surface area contributed by atoms with Crippen molar-refractivity contribution in [2.45, 2.75) is 32.7 Å². The van der Waals surface area contributed by atoms with E-state index in [4.69, 9.17) is 4.74 Å². The molecular formula is C26H44N5O8P. The molecule has 0 aromatic heterocycles. The van der Waals surface area contributed by atoms with Crippen LogP contribution in [0.3, 0.4) is 0 Å². The van der Waals surface area contributed by atoms with Crippen LogP contribution < -0.4 is 21.3 Å². The van der Waals surface area contributed by atoms with Gasteiger partial charge in [0.2, 0.25) is 23.6 Å². The van der Waals surface area contributed by atoms with E-state index in [1.807, 2.05) is 29.2 Å².